The fraction of sp³-hybridized carbons (Fsp3) is 0.308. The van der Waals surface area contributed by atoms with Crippen LogP contribution in [0.4, 0.5) is 4.39 Å². The number of nitrogens with one attached hydrogen (secondary N) is 1. The molecule has 2 rings (SSSR count). The van der Waals surface area contributed by atoms with Crippen molar-refractivity contribution in [3.05, 3.63) is 53.9 Å². The number of benzene rings is 1. The van der Waals surface area contributed by atoms with Gasteiger partial charge in [0, 0.05) is 19.4 Å². The van der Waals surface area contributed by atoms with Crippen molar-refractivity contribution < 1.29 is 4.39 Å². The Bertz CT molecular complexity index is 476. The van der Waals surface area contributed by atoms with Gasteiger partial charge in [0.05, 0.1) is 6.04 Å². The molecule has 1 unspecified atom stereocenters. The van der Waals surface area contributed by atoms with E-state index in [-0.39, 0.29) is 11.9 Å². The average Bonchev–Trinajstić information content (AvgIpc) is 2.75. The van der Waals surface area contributed by atoms with Crippen molar-refractivity contribution in [1.82, 2.24) is 14.9 Å². The van der Waals surface area contributed by atoms with Crippen molar-refractivity contribution >= 4 is 0 Å². The van der Waals surface area contributed by atoms with Crippen LogP contribution >= 0.6 is 0 Å². The molecular weight excluding hydrogens is 217 g/mol. The summed E-state index contributed by atoms with van der Waals surface area (Å²) < 4.78 is 14.8. The molecule has 17 heavy (non-hydrogen) atoms. The van der Waals surface area contributed by atoms with Gasteiger partial charge in [0.15, 0.2) is 0 Å². The minimum Gasteiger partial charge on any atom is -0.337 e. The third kappa shape index (κ3) is 2.71. The zero-order valence-corrected chi connectivity index (χ0v) is 10.0. The fourth-order valence-corrected chi connectivity index (χ4v) is 1.89. The molecule has 1 heterocycles. The highest BCUT2D eigenvalue weighted by Gasteiger charge is 2.14. The molecule has 0 aliphatic heterocycles. The molecule has 2 aromatic rings. The molecule has 3 nitrogen and oxygen atoms in total. The average molecular weight is 233 g/mol. The first kappa shape index (κ1) is 11.8. The van der Waals surface area contributed by atoms with E-state index in [0.717, 1.165) is 17.8 Å². The van der Waals surface area contributed by atoms with Gasteiger partial charge in [-0.15, -0.1) is 0 Å². The van der Waals surface area contributed by atoms with Crippen LogP contribution in [-0.4, -0.2) is 16.6 Å². The highest BCUT2D eigenvalue weighted by Crippen LogP contribution is 2.16. The molecule has 4 heteroatoms. The summed E-state index contributed by atoms with van der Waals surface area (Å²) in [6.07, 6.45) is 4.50. The fourth-order valence-electron chi connectivity index (χ4n) is 1.89. The standard InChI is InChI=1S/C13H16FN3/c1-15-12(13-16-7-8-17(13)2)9-10-3-5-11(14)6-4-10/h3-8,12,15H,9H2,1-2H3. The van der Waals surface area contributed by atoms with E-state index in [1.54, 1.807) is 6.20 Å². The van der Waals surface area contributed by atoms with Gasteiger partial charge in [-0.3, -0.25) is 0 Å². The maximum Gasteiger partial charge on any atom is 0.125 e. The van der Waals surface area contributed by atoms with Gasteiger partial charge in [0.25, 0.3) is 0 Å². The van der Waals surface area contributed by atoms with Crippen LogP contribution in [0.25, 0.3) is 0 Å². The van der Waals surface area contributed by atoms with E-state index in [4.69, 9.17) is 0 Å². The number of hydrogen-bond acceptors (Lipinski definition) is 2. The highest BCUT2D eigenvalue weighted by atomic mass is 19.1. The van der Waals surface area contributed by atoms with Crippen molar-refractivity contribution in [2.45, 2.75) is 12.5 Å². The third-order valence-electron chi connectivity index (χ3n) is 2.87. The Kier molecular flexibility index (Phi) is 3.54. The van der Waals surface area contributed by atoms with Gasteiger partial charge in [-0.1, -0.05) is 12.1 Å². The first-order valence-corrected chi connectivity index (χ1v) is 5.59. The van der Waals surface area contributed by atoms with E-state index in [9.17, 15) is 4.39 Å². The molecule has 1 aromatic heterocycles. The number of rotatable bonds is 4. The van der Waals surface area contributed by atoms with Crippen LogP contribution in [0, 0.1) is 5.82 Å². The molecule has 0 bridgehead atoms. The second-order valence-corrected chi connectivity index (χ2v) is 4.07. The van der Waals surface area contributed by atoms with Crippen LogP contribution < -0.4 is 5.32 Å². The topological polar surface area (TPSA) is 29.9 Å². The van der Waals surface area contributed by atoms with Gasteiger partial charge in [-0.25, -0.2) is 9.37 Å². The van der Waals surface area contributed by atoms with Crippen LogP contribution in [0.3, 0.4) is 0 Å². The summed E-state index contributed by atoms with van der Waals surface area (Å²) >= 11 is 0. The van der Waals surface area contributed by atoms with Crippen LogP contribution in [0.1, 0.15) is 17.4 Å². The summed E-state index contributed by atoms with van der Waals surface area (Å²) in [6, 6.07) is 6.73. The SMILES string of the molecule is CNC(Cc1ccc(F)cc1)c1nccn1C. The van der Waals surface area contributed by atoms with Crippen molar-refractivity contribution in [2.75, 3.05) is 7.05 Å². The van der Waals surface area contributed by atoms with Gasteiger partial charge >= 0.3 is 0 Å². The second-order valence-electron chi connectivity index (χ2n) is 4.07. The quantitative estimate of drug-likeness (QED) is 0.876. The Labute approximate surface area is 100 Å². The molecule has 1 atom stereocenters. The Morgan fingerprint density at radius 3 is 2.59 bits per heavy atom. The smallest absolute Gasteiger partial charge is 0.125 e. The number of aromatic nitrogens is 2. The lowest BCUT2D eigenvalue weighted by molar-refractivity contribution is 0.537. The van der Waals surface area contributed by atoms with Gasteiger partial charge in [-0.05, 0) is 31.2 Å². The maximum atomic E-state index is 12.8. The highest BCUT2D eigenvalue weighted by molar-refractivity contribution is 5.18. The number of likely N-dealkylation sites (N-methyl/N-ethyl adjacent to an activating group) is 1. The summed E-state index contributed by atoms with van der Waals surface area (Å²) in [6.45, 7) is 0. The molecule has 0 radical (unpaired) electrons. The van der Waals surface area contributed by atoms with E-state index in [0.29, 0.717) is 0 Å². The van der Waals surface area contributed by atoms with Crippen LogP contribution in [0.5, 0.6) is 0 Å². The predicted octanol–water partition coefficient (Wildman–Crippen LogP) is 2.06. The molecule has 1 N–H and O–H groups in total. The van der Waals surface area contributed by atoms with E-state index in [2.05, 4.69) is 10.3 Å². The maximum absolute atomic E-state index is 12.8. The van der Waals surface area contributed by atoms with Gasteiger partial charge in [0.1, 0.15) is 11.6 Å². The summed E-state index contributed by atoms with van der Waals surface area (Å²) in [5.74, 6) is 0.781. The molecule has 0 aliphatic carbocycles. The largest absolute Gasteiger partial charge is 0.337 e. The zero-order valence-electron chi connectivity index (χ0n) is 10.0. The molecule has 1 aromatic carbocycles. The third-order valence-corrected chi connectivity index (χ3v) is 2.87. The number of nitrogens with zero attached hydrogens (tertiary/aromatic N) is 2. The zero-order chi connectivity index (χ0) is 12.3. The lowest BCUT2D eigenvalue weighted by Crippen LogP contribution is -2.22. The summed E-state index contributed by atoms with van der Waals surface area (Å²) in [4.78, 5) is 4.33. The summed E-state index contributed by atoms with van der Waals surface area (Å²) in [5.41, 5.74) is 1.09. The van der Waals surface area contributed by atoms with E-state index in [1.165, 1.54) is 12.1 Å². The second kappa shape index (κ2) is 5.10. The molecular formula is C13H16FN3. The molecule has 90 valence electrons. The molecule has 0 aliphatic rings. The minimum atomic E-state index is -0.202. The molecule has 0 fully saturated rings. The van der Waals surface area contributed by atoms with Crippen LogP contribution in [0.15, 0.2) is 36.7 Å². The van der Waals surface area contributed by atoms with Crippen molar-refractivity contribution in [1.29, 1.82) is 0 Å². The summed E-state index contributed by atoms with van der Waals surface area (Å²) in [7, 11) is 3.88. The first-order chi connectivity index (χ1) is 8.20. The lowest BCUT2D eigenvalue weighted by atomic mass is 10.1. The monoisotopic (exact) mass is 233 g/mol. The number of halogens is 1. The summed E-state index contributed by atoms with van der Waals surface area (Å²) in [5, 5.41) is 3.23. The Balaban J connectivity index is 2.16. The first-order valence-electron chi connectivity index (χ1n) is 5.59. The van der Waals surface area contributed by atoms with Gasteiger partial charge in [0.2, 0.25) is 0 Å². The minimum absolute atomic E-state index is 0.139. The van der Waals surface area contributed by atoms with Gasteiger partial charge in [-0.2, -0.15) is 0 Å². The van der Waals surface area contributed by atoms with E-state index in [1.807, 2.05) is 37.0 Å². The van der Waals surface area contributed by atoms with Crippen molar-refractivity contribution in [3.63, 3.8) is 0 Å². The van der Waals surface area contributed by atoms with Crippen LogP contribution in [-0.2, 0) is 13.5 Å². The molecule has 0 amide bonds. The van der Waals surface area contributed by atoms with E-state index >= 15 is 0 Å². The molecule has 0 spiro atoms. The lowest BCUT2D eigenvalue weighted by Gasteiger charge is -2.16. The Hall–Kier alpha value is -1.68. The predicted molar refractivity (Wildman–Crippen MR) is 65.1 cm³/mol. The van der Waals surface area contributed by atoms with Crippen molar-refractivity contribution in [3.8, 4) is 0 Å². The number of hydrogen-bond donors (Lipinski definition) is 1. The van der Waals surface area contributed by atoms with Crippen LogP contribution in [0.2, 0.25) is 0 Å². The molecule has 0 saturated heterocycles. The Morgan fingerprint density at radius 1 is 1.35 bits per heavy atom. The normalized spacial score (nSPS) is 12.6. The number of aryl methyl sites for hydroxylation is 1. The number of imidazole rings is 1. The van der Waals surface area contributed by atoms with Gasteiger partial charge < -0.3 is 9.88 Å². The Morgan fingerprint density at radius 2 is 2.06 bits per heavy atom. The molecule has 0 saturated carbocycles. The van der Waals surface area contributed by atoms with E-state index < -0.39 is 0 Å². The van der Waals surface area contributed by atoms with Crippen molar-refractivity contribution in [2.24, 2.45) is 7.05 Å².